The van der Waals surface area contributed by atoms with E-state index >= 15 is 0 Å². The largest absolute Gasteiger partial charge is 2.00 e. The van der Waals surface area contributed by atoms with E-state index in [1.165, 1.54) is 4.31 Å². The first-order valence-corrected chi connectivity index (χ1v) is 9.90. The van der Waals surface area contributed by atoms with Crippen molar-refractivity contribution in [1.29, 1.82) is 0 Å². The van der Waals surface area contributed by atoms with E-state index in [0.717, 1.165) is 10.5 Å². The molecule has 0 aliphatic heterocycles. The second-order valence-electron chi connectivity index (χ2n) is 6.01. The first-order chi connectivity index (χ1) is 14.3. The summed E-state index contributed by atoms with van der Waals surface area (Å²) in [6.07, 6.45) is 0.512. The predicted octanol–water partition coefficient (Wildman–Crippen LogP) is 1.91. The van der Waals surface area contributed by atoms with Gasteiger partial charge in [-0.3, -0.25) is 16.6 Å². The molecule has 31 heavy (non-hydrogen) atoms. The molecule has 0 aliphatic rings. The van der Waals surface area contributed by atoms with Crippen LogP contribution in [-0.2, 0) is 50.3 Å². The number of nitrogens with zero attached hydrogens (tertiary/aromatic N) is 1. The second kappa shape index (κ2) is 15.4. The zero-order valence-electron chi connectivity index (χ0n) is 17.0. The zero-order valence-corrected chi connectivity index (χ0v) is 19.2. The molecule has 0 bridgehead atoms. The van der Waals surface area contributed by atoms with Crippen LogP contribution in [0.25, 0.3) is 0 Å². The number of amides is 1. The molecule has 0 spiro atoms. The van der Waals surface area contributed by atoms with E-state index in [9.17, 15) is 18.6 Å². The maximum atomic E-state index is 11.6. The number of nitrogens with one attached hydrogen (secondary N) is 1. The van der Waals surface area contributed by atoms with Gasteiger partial charge in [-0.05, 0) is 36.8 Å². The molecule has 8 nitrogen and oxygen atoms in total. The zero-order chi connectivity index (χ0) is 22.5. The summed E-state index contributed by atoms with van der Waals surface area (Å²) in [6, 6.07) is 12.9. The van der Waals surface area contributed by atoms with Gasteiger partial charge in [0.05, 0.1) is 15.9 Å². The summed E-state index contributed by atoms with van der Waals surface area (Å²) < 4.78 is 17.7. The maximum absolute atomic E-state index is 11.6. The van der Waals surface area contributed by atoms with E-state index in [0.29, 0.717) is 30.7 Å². The topological polar surface area (TPSA) is 113 Å². The average Bonchev–Trinajstić information content (AvgIpc) is 2.74. The number of carbonyl (C=O) groups is 3. The van der Waals surface area contributed by atoms with E-state index in [1.807, 2.05) is 31.2 Å². The number of hydrogen-bond acceptors (Lipinski definition) is 5. The minimum atomic E-state index is -1.18. The molecule has 2 N–H and O–H groups in total. The second-order valence-corrected chi connectivity index (χ2v) is 7.49. The summed E-state index contributed by atoms with van der Waals surface area (Å²) in [5.41, 5.74) is 1.87. The van der Waals surface area contributed by atoms with Crippen LogP contribution < -0.4 is 10.1 Å². The molecule has 2 aromatic rings. The van der Waals surface area contributed by atoms with Gasteiger partial charge in [0.1, 0.15) is 11.8 Å². The van der Waals surface area contributed by atoms with Crippen LogP contribution >= 0.6 is 0 Å². The molecular formula is C21H24N2O6SV. The van der Waals surface area contributed by atoms with Crippen molar-refractivity contribution in [3.05, 3.63) is 73.6 Å². The van der Waals surface area contributed by atoms with Gasteiger partial charge < -0.3 is 26.4 Å². The molecule has 0 heterocycles. The minimum absolute atomic E-state index is 0. The fraction of sp³-hybridized carbons (Fsp3) is 0.190. The third kappa shape index (κ3) is 10.4. The molecule has 0 fully saturated rings. The van der Waals surface area contributed by atoms with Gasteiger partial charge in [-0.25, -0.2) is 9.00 Å². The Hall–Kier alpha value is -2.46. The van der Waals surface area contributed by atoms with Crippen molar-refractivity contribution in [1.82, 2.24) is 9.62 Å². The van der Waals surface area contributed by atoms with Crippen LogP contribution in [0.4, 0.5) is 0 Å². The third-order valence-electron chi connectivity index (χ3n) is 3.82. The number of hydrogen-bond donors (Lipinski definition) is 2. The molecule has 0 saturated heterocycles. The normalized spacial score (nSPS) is 11.7. The Balaban J connectivity index is 0.000000581. The monoisotopic (exact) mass is 483 g/mol. The molecule has 10 heteroatoms. The Labute approximate surface area is 196 Å². The van der Waals surface area contributed by atoms with Crippen LogP contribution in [0, 0.1) is 20.9 Å². The van der Waals surface area contributed by atoms with Gasteiger partial charge in [0.2, 0.25) is 6.41 Å². The third-order valence-corrected chi connectivity index (χ3v) is 5.15. The van der Waals surface area contributed by atoms with Crippen molar-refractivity contribution in [2.24, 2.45) is 0 Å². The Morgan fingerprint density at radius 3 is 2.23 bits per heavy atom. The summed E-state index contributed by atoms with van der Waals surface area (Å²) in [5.74, 6) is -0.732. The molecule has 0 aliphatic carbocycles. The number of benzene rings is 2. The van der Waals surface area contributed by atoms with Gasteiger partial charge in [0, 0.05) is 6.42 Å². The summed E-state index contributed by atoms with van der Waals surface area (Å²) in [6.45, 7) is 6.36. The molecule has 1 unspecified atom stereocenters. The van der Waals surface area contributed by atoms with Crippen LogP contribution in [0.1, 0.15) is 11.1 Å². The molecule has 0 aromatic heterocycles. The maximum Gasteiger partial charge on any atom is 2.00 e. The van der Waals surface area contributed by atoms with Crippen molar-refractivity contribution in [2.45, 2.75) is 24.3 Å². The molecule has 1 radical (unpaired) electrons. The summed E-state index contributed by atoms with van der Waals surface area (Å²) >= 11 is 0. The van der Waals surface area contributed by atoms with E-state index in [2.05, 4.69) is 24.0 Å². The molecule has 2 atom stereocenters. The Bertz CT molecular complexity index is 846. The van der Waals surface area contributed by atoms with Crippen LogP contribution in [-0.4, -0.2) is 45.1 Å². The average molecular weight is 483 g/mol. The standard InChI is InChI=1S/C11H11NO5.C10H13NOS.V/c13-6-12-10(11(15)16)5-8-1-3-9(4-2-8)17-7-14;1-4-11(3)13(12)10-7-5-9(2)6-8-10;/h1-4,6-7,10H,5H2,(H,12,13)(H,15,16);5-8H,1,3-4H2,2H3;/q;-2;+2/t10-;;/m0../s1. The molecule has 2 rings (SSSR count). The Morgan fingerprint density at radius 1 is 1.19 bits per heavy atom. The first kappa shape index (κ1) is 28.5. The van der Waals surface area contributed by atoms with E-state index in [1.54, 1.807) is 24.3 Å². The van der Waals surface area contributed by atoms with Crippen molar-refractivity contribution < 1.29 is 47.0 Å². The smallest absolute Gasteiger partial charge is 0.480 e. The predicted molar refractivity (Wildman–Crippen MR) is 112 cm³/mol. The van der Waals surface area contributed by atoms with Crippen LogP contribution in [0.3, 0.4) is 0 Å². The Morgan fingerprint density at radius 2 is 1.77 bits per heavy atom. The number of carboxylic acid groups (broad SMARTS) is 1. The number of carboxylic acids is 1. The van der Waals surface area contributed by atoms with Gasteiger partial charge in [-0.15, -0.1) is 6.54 Å². The Kier molecular flexibility index (Phi) is 14.1. The molecule has 1 amide bonds. The van der Waals surface area contributed by atoms with Crippen molar-refractivity contribution in [3.63, 3.8) is 0 Å². The van der Waals surface area contributed by atoms with E-state index < -0.39 is 23.0 Å². The van der Waals surface area contributed by atoms with E-state index in [4.69, 9.17) is 5.11 Å². The van der Waals surface area contributed by atoms with Crippen molar-refractivity contribution in [2.75, 3.05) is 6.54 Å². The van der Waals surface area contributed by atoms with Crippen LogP contribution in [0.15, 0.2) is 53.4 Å². The SMILES string of the molecule is O=CN[C@@H](Cc1ccc(OC=O)cc1)C(=O)O.[CH2-]CN([CH2-])S(=O)c1ccc(C)cc1.[V+2]. The fourth-order valence-corrected chi connectivity index (χ4v) is 3.01. The van der Waals surface area contributed by atoms with Crippen molar-refractivity contribution in [3.8, 4) is 5.75 Å². The van der Waals surface area contributed by atoms with Crippen LogP contribution in [0.5, 0.6) is 5.75 Å². The van der Waals surface area contributed by atoms with Gasteiger partial charge in [0.15, 0.2) is 0 Å². The number of aryl methyl sites for hydroxylation is 1. The molecule has 2 aromatic carbocycles. The van der Waals surface area contributed by atoms with Gasteiger partial charge in [0.25, 0.3) is 6.47 Å². The van der Waals surface area contributed by atoms with Crippen molar-refractivity contribution >= 4 is 29.8 Å². The number of aliphatic carboxylic acids is 1. The minimum Gasteiger partial charge on any atom is -0.480 e. The molecule has 0 saturated carbocycles. The van der Waals surface area contributed by atoms with Gasteiger partial charge in [-0.1, -0.05) is 29.8 Å². The van der Waals surface area contributed by atoms with Gasteiger partial charge >= 0.3 is 24.5 Å². The quantitative estimate of drug-likeness (QED) is 0.394. The molecular weight excluding hydrogens is 459 g/mol. The van der Waals surface area contributed by atoms with Gasteiger partial charge in [-0.2, -0.15) is 0 Å². The van der Waals surface area contributed by atoms with Crippen LogP contribution in [0.2, 0.25) is 0 Å². The number of rotatable bonds is 10. The summed E-state index contributed by atoms with van der Waals surface area (Å²) in [5, 5.41) is 11.0. The van der Waals surface area contributed by atoms with E-state index in [-0.39, 0.29) is 25.0 Å². The number of carbonyl (C=O) groups excluding carboxylic acids is 2. The summed E-state index contributed by atoms with van der Waals surface area (Å²) in [4.78, 5) is 31.8. The summed E-state index contributed by atoms with van der Waals surface area (Å²) in [7, 11) is 2.45. The fourth-order valence-electron chi connectivity index (χ4n) is 2.18. The number of ether oxygens (including phenoxy) is 1. The first-order valence-electron chi connectivity index (χ1n) is 8.80. The molecule has 165 valence electrons.